The maximum absolute atomic E-state index is 13.2. The van der Waals surface area contributed by atoms with Gasteiger partial charge in [-0.25, -0.2) is 4.39 Å². The molecular formula is C37H52ClFN2O. The lowest BCUT2D eigenvalue weighted by atomic mass is 9.89. The van der Waals surface area contributed by atoms with E-state index in [-0.39, 0.29) is 5.82 Å². The van der Waals surface area contributed by atoms with Crippen molar-refractivity contribution in [3.8, 4) is 6.07 Å². The molecule has 3 nitrogen and oxygen atoms in total. The maximum Gasteiger partial charge on any atom is 0.123 e. The molecule has 0 N–H and O–H groups in total. The van der Waals surface area contributed by atoms with Crippen LogP contribution in [-0.4, -0.2) is 24.3 Å². The first-order valence-corrected chi connectivity index (χ1v) is 15.5. The molecule has 1 saturated heterocycles. The third kappa shape index (κ3) is 14.1. The fourth-order valence-corrected chi connectivity index (χ4v) is 5.45. The van der Waals surface area contributed by atoms with Crippen molar-refractivity contribution in [1.82, 2.24) is 4.90 Å². The number of allylic oxidation sites excluding steroid dienone is 2. The molecule has 0 aromatic heterocycles. The summed E-state index contributed by atoms with van der Waals surface area (Å²) in [7, 11) is 0. The van der Waals surface area contributed by atoms with Crippen molar-refractivity contribution in [3.05, 3.63) is 95.3 Å². The number of rotatable bonds is 11. The summed E-state index contributed by atoms with van der Waals surface area (Å²) in [5.41, 5.74) is 7.27. The normalized spacial score (nSPS) is 12.8. The quantitative estimate of drug-likeness (QED) is 0.148. The average molecular weight is 595 g/mol. The molecule has 0 unspecified atom stereocenters. The molecule has 0 saturated carbocycles. The molecule has 3 rings (SSSR count). The van der Waals surface area contributed by atoms with Gasteiger partial charge in [0.2, 0.25) is 0 Å². The standard InChI is InChI=1S/C31H41ClFN.C2H3N.C2H4O.C2H4/c1-5-7-8-9-10-11-27(6-2)29-22-30(31(32)20-23(29)3)24(4)34-18-16-26(17-19-34)21-25-12-14-28(33)15-13-25;2*1-2-3;1-2/h6,12-15,20,22,26H,4-5,7-11,16-19,21H2,1-3H3;1H3;2H,1H3;1-2H2/b27-6-;;;. The summed E-state index contributed by atoms with van der Waals surface area (Å²) in [6.45, 7) is 21.9. The monoisotopic (exact) mass is 594 g/mol. The summed E-state index contributed by atoms with van der Waals surface area (Å²) in [6.07, 6.45) is 13.8. The third-order valence-electron chi connectivity index (χ3n) is 7.30. The molecule has 1 aliphatic heterocycles. The van der Waals surface area contributed by atoms with Crippen LogP contribution in [0.3, 0.4) is 0 Å². The van der Waals surface area contributed by atoms with E-state index in [1.165, 1.54) is 68.2 Å². The highest BCUT2D eigenvalue weighted by molar-refractivity contribution is 6.32. The van der Waals surface area contributed by atoms with Crippen LogP contribution in [0, 0.1) is 30.0 Å². The number of benzene rings is 2. The summed E-state index contributed by atoms with van der Waals surface area (Å²) in [4.78, 5) is 11.2. The fraction of sp³-hybridized carbons (Fsp3) is 0.459. The van der Waals surface area contributed by atoms with Crippen LogP contribution in [0.15, 0.2) is 62.2 Å². The molecule has 2 aromatic rings. The second-order valence-electron chi connectivity index (χ2n) is 10.3. The Balaban J connectivity index is 0.00000190. The van der Waals surface area contributed by atoms with Gasteiger partial charge in [0, 0.05) is 31.3 Å². The van der Waals surface area contributed by atoms with Gasteiger partial charge in [-0.05, 0) is 105 Å². The van der Waals surface area contributed by atoms with Crippen LogP contribution in [0.25, 0.3) is 11.3 Å². The molecule has 0 bridgehead atoms. The van der Waals surface area contributed by atoms with Crippen molar-refractivity contribution in [3.63, 3.8) is 0 Å². The molecule has 1 aliphatic rings. The van der Waals surface area contributed by atoms with Gasteiger partial charge in [-0.3, -0.25) is 0 Å². The zero-order chi connectivity index (χ0) is 31.9. The molecule has 0 spiro atoms. The Labute approximate surface area is 260 Å². The number of unbranched alkanes of at least 4 members (excludes halogenated alkanes) is 4. The van der Waals surface area contributed by atoms with Crippen LogP contribution in [0.1, 0.15) is 101 Å². The molecule has 0 amide bonds. The average Bonchev–Trinajstić information content (AvgIpc) is 2.99. The van der Waals surface area contributed by atoms with Gasteiger partial charge in [0.05, 0.1) is 11.1 Å². The molecule has 1 fully saturated rings. The van der Waals surface area contributed by atoms with Gasteiger partial charge in [0.25, 0.3) is 0 Å². The van der Waals surface area contributed by atoms with E-state index in [9.17, 15) is 4.39 Å². The van der Waals surface area contributed by atoms with Gasteiger partial charge in [0.15, 0.2) is 0 Å². The Bertz CT molecular complexity index is 1130. The summed E-state index contributed by atoms with van der Waals surface area (Å²) >= 11 is 6.74. The molecule has 0 radical (unpaired) electrons. The molecule has 0 aliphatic carbocycles. The summed E-state index contributed by atoms with van der Waals surface area (Å²) < 4.78 is 13.2. The van der Waals surface area contributed by atoms with Gasteiger partial charge in [-0.15, -0.1) is 13.2 Å². The van der Waals surface area contributed by atoms with E-state index < -0.39 is 0 Å². The lowest BCUT2D eigenvalue weighted by Crippen LogP contribution is -2.33. The number of hydrogen-bond acceptors (Lipinski definition) is 3. The van der Waals surface area contributed by atoms with Crippen LogP contribution >= 0.6 is 11.6 Å². The predicted octanol–water partition coefficient (Wildman–Crippen LogP) is 11.0. The number of carbonyl (C=O) groups excluding carboxylic acids is 1. The first kappa shape index (κ1) is 38.8. The molecule has 5 heteroatoms. The lowest BCUT2D eigenvalue weighted by Gasteiger charge is -2.35. The SMILES string of the molecule is C=C.C=C(c1cc(/C(=C\C)CCCCCCC)c(C)cc1Cl)N1CCC(Cc2ccc(F)cc2)CC1.CC#N.CC=O. The smallest absolute Gasteiger partial charge is 0.123 e. The van der Waals surface area contributed by atoms with Crippen LogP contribution in [-0.2, 0) is 11.2 Å². The number of halogens is 2. The fourth-order valence-electron chi connectivity index (χ4n) is 5.12. The zero-order valence-electron chi connectivity index (χ0n) is 26.7. The van der Waals surface area contributed by atoms with Crippen molar-refractivity contribution < 1.29 is 9.18 Å². The number of nitrogens with zero attached hydrogens (tertiary/aromatic N) is 2. The van der Waals surface area contributed by atoms with Gasteiger partial charge in [-0.1, -0.05) is 69.0 Å². The summed E-state index contributed by atoms with van der Waals surface area (Å²) in [6, 6.07) is 13.1. The Kier molecular flexibility index (Phi) is 21.6. The zero-order valence-corrected chi connectivity index (χ0v) is 27.4. The van der Waals surface area contributed by atoms with Crippen molar-refractivity contribution in [2.45, 2.75) is 92.4 Å². The van der Waals surface area contributed by atoms with Gasteiger partial charge < -0.3 is 9.69 Å². The first-order chi connectivity index (χ1) is 20.3. The van der Waals surface area contributed by atoms with E-state index in [0.29, 0.717) is 5.92 Å². The molecule has 230 valence electrons. The minimum Gasteiger partial charge on any atom is -0.371 e. The van der Waals surface area contributed by atoms with E-state index in [2.05, 4.69) is 63.6 Å². The molecule has 2 aromatic carbocycles. The first-order valence-electron chi connectivity index (χ1n) is 15.1. The minimum absolute atomic E-state index is 0.165. The predicted molar refractivity (Wildman–Crippen MR) is 181 cm³/mol. The Morgan fingerprint density at radius 3 is 2.14 bits per heavy atom. The molecule has 0 atom stereocenters. The lowest BCUT2D eigenvalue weighted by molar-refractivity contribution is -0.106. The number of piperidine rings is 1. The van der Waals surface area contributed by atoms with Gasteiger partial charge in [-0.2, -0.15) is 5.26 Å². The second-order valence-corrected chi connectivity index (χ2v) is 10.7. The Morgan fingerprint density at radius 1 is 1.07 bits per heavy atom. The summed E-state index contributed by atoms with van der Waals surface area (Å²) in [5.74, 6) is 0.461. The van der Waals surface area contributed by atoms with Crippen LogP contribution in [0.5, 0.6) is 0 Å². The second kappa shape index (κ2) is 23.4. The van der Waals surface area contributed by atoms with Crippen LogP contribution in [0.2, 0.25) is 5.02 Å². The molecule has 1 heterocycles. The van der Waals surface area contributed by atoms with Gasteiger partial charge in [0.1, 0.15) is 12.1 Å². The van der Waals surface area contributed by atoms with E-state index in [0.717, 1.165) is 61.3 Å². The van der Waals surface area contributed by atoms with Crippen molar-refractivity contribution in [1.29, 1.82) is 5.26 Å². The topological polar surface area (TPSA) is 44.1 Å². The Morgan fingerprint density at radius 2 is 1.62 bits per heavy atom. The molecular weight excluding hydrogens is 543 g/mol. The minimum atomic E-state index is -0.165. The van der Waals surface area contributed by atoms with E-state index >= 15 is 0 Å². The number of hydrogen-bond donors (Lipinski definition) is 0. The van der Waals surface area contributed by atoms with E-state index in [1.54, 1.807) is 18.2 Å². The number of likely N-dealkylation sites (tertiary alicyclic amines) is 1. The van der Waals surface area contributed by atoms with Gasteiger partial charge >= 0.3 is 0 Å². The van der Waals surface area contributed by atoms with Crippen LogP contribution in [0.4, 0.5) is 4.39 Å². The number of aldehydes is 1. The van der Waals surface area contributed by atoms with Crippen LogP contribution < -0.4 is 0 Å². The van der Waals surface area contributed by atoms with Crippen molar-refractivity contribution >= 4 is 29.2 Å². The largest absolute Gasteiger partial charge is 0.371 e. The third-order valence-corrected chi connectivity index (χ3v) is 7.62. The number of nitriles is 1. The highest BCUT2D eigenvalue weighted by Crippen LogP contribution is 2.35. The number of carbonyl (C=O) groups is 1. The number of aryl methyl sites for hydroxylation is 1. The van der Waals surface area contributed by atoms with E-state index in [1.807, 2.05) is 12.1 Å². The summed E-state index contributed by atoms with van der Waals surface area (Å²) in [5, 5.41) is 8.11. The highest BCUT2D eigenvalue weighted by Gasteiger charge is 2.22. The maximum atomic E-state index is 13.2. The Hall–Kier alpha value is -3.16. The molecule has 42 heavy (non-hydrogen) atoms. The van der Waals surface area contributed by atoms with Crippen molar-refractivity contribution in [2.75, 3.05) is 13.1 Å². The van der Waals surface area contributed by atoms with E-state index in [4.69, 9.17) is 21.7 Å². The van der Waals surface area contributed by atoms with Crippen molar-refractivity contribution in [2.24, 2.45) is 5.92 Å². The highest BCUT2D eigenvalue weighted by atomic mass is 35.5.